The summed E-state index contributed by atoms with van der Waals surface area (Å²) >= 11 is 0. The van der Waals surface area contributed by atoms with Gasteiger partial charge in [0.1, 0.15) is 5.75 Å². The second-order valence-corrected chi connectivity index (χ2v) is 9.78. The monoisotopic (exact) mass is 509 g/mol. The summed E-state index contributed by atoms with van der Waals surface area (Å²) in [5, 5.41) is 3.42. The molecule has 5 heteroatoms. The number of carbonyl (C=O) groups is 1. The van der Waals surface area contributed by atoms with Crippen LogP contribution in [0.3, 0.4) is 0 Å². The van der Waals surface area contributed by atoms with Gasteiger partial charge in [-0.25, -0.2) is 4.79 Å². The minimum atomic E-state index is -0.549. The number of ether oxygens (including phenoxy) is 2. The van der Waals surface area contributed by atoms with Crippen molar-refractivity contribution < 1.29 is 14.3 Å². The van der Waals surface area contributed by atoms with Crippen LogP contribution in [0.1, 0.15) is 114 Å². The summed E-state index contributed by atoms with van der Waals surface area (Å²) in [6.45, 7) is 5.95. The maximum atomic E-state index is 12.6. The quantitative estimate of drug-likeness (QED) is 0.143. The Kier molecular flexibility index (Phi) is 15.9. The van der Waals surface area contributed by atoms with Crippen LogP contribution < -0.4 is 20.2 Å². The average Bonchev–Trinajstić information content (AvgIpc) is 3.08. The third-order valence-electron chi connectivity index (χ3n) is 6.49. The summed E-state index contributed by atoms with van der Waals surface area (Å²) in [7, 11) is 0. The first-order chi connectivity index (χ1) is 18.1. The molecule has 0 saturated heterocycles. The average molecular weight is 510 g/mol. The first-order valence-electron chi connectivity index (χ1n) is 14.5. The summed E-state index contributed by atoms with van der Waals surface area (Å²) < 4.78 is 11.1. The molecule has 0 aliphatic heterocycles. The van der Waals surface area contributed by atoms with E-state index in [1.54, 1.807) is 24.3 Å². The molecule has 0 atom stereocenters. The van der Waals surface area contributed by atoms with Crippen LogP contribution in [0.2, 0.25) is 0 Å². The van der Waals surface area contributed by atoms with Gasteiger partial charge in [-0.05, 0) is 61.4 Å². The van der Waals surface area contributed by atoms with Crippen molar-refractivity contribution in [2.24, 2.45) is 0 Å². The number of unbranched alkanes of at least 4 members (excludes halogenated alkanes) is 12. The van der Waals surface area contributed by atoms with E-state index in [4.69, 9.17) is 9.47 Å². The Morgan fingerprint density at radius 1 is 0.676 bits per heavy atom. The summed E-state index contributed by atoms with van der Waals surface area (Å²) in [6.07, 6.45) is 17.7. The van der Waals surface area contributed by atoms with E-state index in [9.17, 15) is 9.59 Å². The predicted octanol–water partition coefficient (Wildman–Crippen LogP) is 8.56. The Morgan fingerprint density at radius 3 is 1.89 bits per heavy atom. The molecule has 1 N–H and O–H groups in total. The van der Waals surface area contributed by atoms with E-state index < -0.39 is 5.97 Å². The van der Waals surface area contributed by atoms with Gasteiger partial charge in [0.25, 0.3) is 0 Å². The van der Waals surface area contributed by atoms with Crippen molar-refractivity contribution in [3.8, 4) is 11.5 Å². The Bertz CT molecular complexity index is 942. The van der Waals surface area contributed by atoms with Gasteiger partial charge in [-0.3, -0.25) is 4.79 Å². The molecule has 0 unspecified atom stereocenters. The van der Waals surface area contributed by atoms with Gasteiger partial charge in [0, 0.05) is 12.2 Å². The highest BCUT2D eigenvalue weighted by Crippen LogP contribution is 2.16. The molecule has 0 aromatic heterocycles. The first-order valence-corrected chi connectivity index (χ1v) is 14.5. The smallest absolute Gasteiger partial charge is 0.343 e. The Morgan fingerprint density at radius 2 is 1.24 bits per heavy atom. The molecule has 0 aliphatic carbocycles. The van der Waals surface area contributed by atoms with Gasteiger partial charge >= 0.3 is 5.97 Å². The van der Waals surface area contributed by atoms with Crippen molar-refractivity contribution in [3.63, 3.8) is 0 Å². The zero-order valence-electron chi connectivity index (χ0n) is 23.1. The number of hydrogen-bond acceptors (Lipinski definition) is 5. The van der Waals surface area contributed by atoms with Crippen molar-refractivity contribution in [2.45, 2.75) is 104 Å². The van der Waals surface area contributed by atoms with Gasteiger partial charge < -0.3 is 14.8 Å². The molecular weight excluding hydrogens is 462 g/mol. The van der Waals surface area contributed by atoms with Crippen LogP contribution >= 0.6 is 0 Å². The van der Waals surface area contributed by atoms with Gasteiger partial charge in [-0.2, -0.15) is 0 Å². The largest absolute Gasteiger partial charge is 0.494 e. The van der Waals surface area contributed by atoms with E-state index in [1.165, 1.54) is 82.8 Å². The molecule has 0 heterocycles. The molecule has 0 bridgehead atoms. The van der Waals surface area contributed by atoms with E-state index in [0.717, 1.165) is 31.5 Å². The molecule has 0 aliphatic rings. The molecule has 5 nitrogen and oxygen atoms in total. The SMILES string of the molecule is CCCCCCCCCCCCNc1ccc(C(=O)Oc2ccc(OCCCCCC)ccc2=O)cc1. The van der Waals surface area contributed by atoms with Crippen LogP contribution in [0.4, 0.5) is 5.69 Å². The number of anilines is 1. The number of carbonyl (C=O) groups excluding carboxylic acids is 1. The van der Waals surface area contributed by atoms with Crippen molar-refractivity contribution in [1.82, 2.24) is 0 Å². The van der Waals surface area contributed by atoms with E-state index in [0.29, 0.717) is 17.9 Å². The van der Waals surface area contributed by atoms with Gasteiger partial charge in [0.15, 0.2) is 5.75 Å². The van der Waals surface area contributed by atoms with Crippen LogP contribution in [0, 0.1) is 0 Å². The second kappa shape index (κ2) is 19.3. The van der Waals surface area contributed by atoms with Gasteiger partial charge in [0.05, 0.1) is 12.2 Å². The van der Waals surface area contributed by atoms with Crippen LogP contribution in [-0.2, 0) is 0 Å². The molecule has 2 rings (SSSR count). The minimum Gasteiger partial charge on any atom is -0.494 e. The summed E-state index contributed by atoms with van der Waals surface area (Å²) in [6, 6.07) is 13.4. The number of rotatable bonds is 20. The molecule has 0 saturated carbocycles. The number of hydrogen-bond donors (Lipinski definition) is 1. The third kappa shape index (κ3) is 13.3. The number of esters is 1. The van der Waals surface area contributed by atoms with Gasteiger partial charge in [-0.15, -0.1) is 0 Å². The van der Waals surface area contributed by atoms with Crippen LogP contribution in [0.25, 0.3) is 0 Å². The fourth-order valence-electron chi connectivity index (χ4n) is 4.16. The number of nitrogens with one attached hydrogen (secondary N) is 1. The first kappa shape index (κ1) is 30.4. The Labute approximate surface area is 224 Å². The Balaban J connectivity index is 1.69. The van der Waals surface area contributed by atoms with Gasteiger partial charge in [-0.1, -0.05) is 90.9 Å². The zero-order valence-corrected chi connectivity index (χ0v) is 23.1. The van der Waals surface area contributed by atoms with Crippen LogP contribution in [-0.4, -0.2) is 19.1 Å². The van der Waals surface area contributed by atoms with E-state index in [-0.39, 0.29) is 11.2 Å². The lowest BCUT2D eigenvalue weighted by Crippen LogP contribution is -2.13. The van der Waals surface area contributed by atoms with Crippen molar-refractivity contribution in [2.75, 3.05) is 18.5 Å². The lowest BCUT2D eigenvalue weighted by atomic mass is 10.1. The molecule has 0 fully saturated rings. The topological polar surface area (TPSA) is 64.6 Å². The minimum absolute atomic E-state index is 0.00556. The standard InChI is InChI=1S/C32H47NO4/c1-3-5-7-9-10-11-12-13-14-15-25-33-28-19-17-27(18-20-28)32(35)37-31-24-22-29(21-23-30(31)34)36-26-16-8-6-4-2/h17-24,33H,3-16,25-26H2,1-2H3. The highest BCUT2D eigenvalue weighted by Gasteiger charge is 2.11. The summed E-state index contributed by atoms with van der Waals surface area (Å²) in [5.74, 6) is 0.0364. The molecule has 0 amide bonds. The number of benzene rings is 1. The molecule has 37 heavy (non-hydrogen) atoms. The maximum absolute atomic E-state index is 12.6. The normalized spacial score (nSPS) is 10.8. The van der Waals surface area contributed by atoms with Crippen LogP contribution in [0.15, 0.2) is 53.3 Å². The van der Waals surface area contributed by atoms with E-state index >= 15 is 0 Å². The third-order valence-corrected chi connectivity index (χ3v) is 6.49. The second-order valence-electron chi connectivity index (χ2n) is 9.78. The van der Waals surface area contributed by atoms with Crippen LogP contribution in [0.5, 0.6) is 11.5 Å². The maximum Gasteiger partial charge on any atom is 0.343 e. The molecule has 2 aromatic carbocycles. The zero-order chi connectivity index (χ0) is 26.6. The van der Waals surface area contributed by atoms with Crippen molar-refractivity contribution in [1.29, 1.82) is 0 Å². The lowest BCUT2D eigenvalue weighted by molar-refractivity contribution is 0.0733. The lowest BCUT2D eigenvalue weighted by Gasteiger charge is -2.08. The fraction of sp³-hybridized carbons (Fsp3) is 0.562. The molecule has 204 valence electrons. The van der Waals surface area contributed by atoms with Crippen molar-refractivity contribution in [3.05, 3.63) is 64.3 Å². The predicted molar refractivity (Wildman–Crippen MR) is 154 cm³/mol. The fourth-order valence-corrected chi connectivity index (χ4v) is 4.16. The summed E-state index contributed by atoms with van der Waals surface area (Å²) in [4.78, 5) is 24.9. The summed E-state index contributed by atoms with van der Waals surface area (Å²) in [5.41, 5.74) is 1.02. The molecular formula is C32H47NO4. The van der Waals surface area contributed by atoms with E-state index in [1.807, 2.05) is 12.1 Å². The van der Waals surface area contributed by atoms with Gasteiger partial charge in [0.2, 0.25) is 5.43 Å². The highest BCUT2D eigenvalue weighted by molar-refractivity contribution is 5.91. The van der Waals surface area contributed by atoms with Crippen molar-refractivity contribution >= 4 is 11.7 Å². The molecule has 0 spiro atoms. The molecule has 0 radical (unpaired) electrons. The highest BCUT2D eigenvalue weighted by atomic mass is 16.5. The van der Waals surface area contributed by atoms with E-state index in [2.05, 4.69) is 19.2 Å². The Hall–Kier alpha value is -2.82. The molecule has 2 aromatic rings.